The van der Waals surface area contributed by atoms with Crippen LogP contribution in [0.2, 0.25) is 5.02 Å². The van der Waals surface area contributed by atoms with Crippen molar-refractivity contribution in [1.29, 1.82) is 0 Å². The number of nitrogen functional groups attached to an aromatic ring is 1. The highest BCUT2D eigenvalue weighted by Crippen LogP contribution is 2.37. The minimum atomic E-state index is -0.358. The molecule has 0 radical (unpaired) electrons. The Morgan fingerprint density at radius 2 is 1.80 bits per heavy atom. The number of halogens is 2. The van der Waals surface area contributed by atoms with Gasteiger partial charge < -0.3 is 5.73 Å². The van der Waals surface area contributed by atoms with Crippen LogP contribution in [0, 0.1) is 5.82 Å². The number of anilines is 1. The van der Waals surface area contributed by atoms with E-state index in [0.717, 1.165) is 26.6 Å². The lowest BCUT2D eigenvalue weighted by atomic mass is 10.3. The van der Waals surface area contributed by atoms with Gasteiger partial charge in [-0.25, -0.2) is 4.39 Å². The zero-order valence-corrected chi connectivity index (χ0v) is 13.9. The first-order chi connectivity index (χ1) is 9.60. The van der Waals surface area contributed by atoms with E-state index in [-0.39, 0.29) is 5.82 Å². The van der Waals surface area contributed by atoms with Crippen LogP contribution in [0.1, 0.15) is 0 Å². The van der Waals surface area contributed by atoms with Crippen LogP contribution in [-0.2, 0) is 0 Å². The van der Waals surface area contributed by atoms with Crippen molar-refractivity contribution in [2.45, 2.75) is 14.7 Å². The number of hydrogen-bond acceptors (Lipinski definition) is 5. The summed E-state index contributed by atoms with van der Waals surface area (Å²) in [6, 6.07) is 9.78. The second-order valence-corrected chi connectivity index (χ2v) is 5.69. The zero-order chi connectivity index (χ0) is 15.1. The van der Waals surface area contributed by atoms with Gasteiger partial charge in [-0.2, -0.15) is 12.6 Å². The predicted molar refractivity (Wildman–Crippen MR) is 91.3 cm³/mol. The molecule has 2 nitrogen and oxygen atoms in total. The van der Waals surface area contributed by atoms with Gasteiger partial charge in [-0.05, 0) is 54.6 Å². The quantitative estimate of drug-likeness (QED) is 0.426. The smallest absolute Gasteiger partial charge is 0.124 e. The number of rotatable bonds is 3. The molecule has 0 heterocycles. The maximum absolute atomic E-state index is 12.9. The molecule has 0 unspecified atom stereocenters. The normalized spacial score (nSPS) is 9.85. The highest BCUT2D eigenvalue weighted by molar-refractivity contribution is 7.99. The summed E-state index contributed by atoms with van der Waals surface area (Å²) in [4.78, 5) is 2.51. The van der Waals surface area contributed by atoms with Gasteiger partial charge in [-0.15, -0.1) is 0 Å². The molecular formula is C13H14ClFN2S3. The van der Waals surface area contributed by atoms with E-state index < -0.39 is 0 Å². The minimum Gasteiger partial charge on any atom is -0.398 e. The lowest BCUT2D eigenvalue weighted by Gasteiger charge is -2.08. The highest BCUT2D eigenvalue weighted by Gasteiger charge is 2.07. The molecule has 7 heteroatoms. The van der Waals surface area contributed by atoms with E-state index in [1.54, 1.807) is 18.4 Å². The fraction of sp³-hybridized carbons (Fsp3) is 0.0769. The van der Waals surface area contributed by atoms with E-state index in [9.17, 15) is 4.39 Å². The third-order valence-corrected chi connectivity index (χ3v) is 4.34. The molecule has 108 valence electrons. The monoisotopic (exact) mass is 348 g/mol. The summed E-state index contributed by atoms with van der Waals surface area (Å²) in [5.74, 6) is -0.358. The SMILES string of the molecule is CS.NSc1ccc(N)c(Sc2ccc(F)cc2Cl)c1. The fourth-order valence-electron chi connectivity index (χ4n) is 1.35. The van der Waals surface area contributed by atoms with Gasteiger partial charge in [-0.1, -0.05) is 23.4 Å². The van der Waals surface area contributed by atoms with Crippen LogP contribution < -0.4 is 10.9 Å². The van der Waals surface area contributed by atoms with E-state index in [1.807, 2.05) is 12.1 Å². The van der Waals surface area contributed by atoms with Gasteiger partial charge in [0.05, 0.1) is 5.02 Å². The van der Waals surface area contributed by atoms with Crippen LogP contribution in [0.3, 0.4) is 0 Å². The molecule has 0 amide bonds. The maximum Gasteiger partial charge on any atom is 0.124 e. The summed E-state index contributed by atoms with van der Waals surface area (Å²) in [5, 5.41) is 5.87. The Bertz CT molecular complexity index is 582. The van der Waals surface area contributed by atoms with Crippen LogP contribution in [-0.4, -0.2) is 6.26 Å². The molecule has 4 N–H and O–H groups in total. The summed E-state index contributed by atoms with van der Waals surface area (Å²) in [6.45, 7) is 0. The molecule has 20 heavy (non-hydrogen) atoms. The Kier molecular flexibility index (Phi) is 7.61. The topological polar surface area (TPSA) is 52.0 Å². The molecule has 2 rings (SSSR count). The minimum absolute atomic E-state index is 0.358. The van der Waals surface area contributed by atoms with Crippen molar-refractivity contribution >= 4 is 53.6 Å². The first-order valence-electron chi connectivity index (χ1n) is 5.44. The molecular weight excluding hydrogens is 335 g/mol. The Morgan fingerprint density at radius 3 is 2.40 bits per heavy atom. The summed E-state index contributed by atoms with van der Waals surface area (Å²) < 4.78 is 12.9. The van der Waals surface area contributed by atoms with E-state index >= 15 is 0 Å². The Balaban J connectivity index is 0.000000956. The van der Waals surface area contributed by atoms with Crippen molar-refractivity contribution < 1.29 is 4.39 Å². The molecule has 0 aliphatic rings. The van der Waals surface area contributed by atoms with Crippen LogP contribution in [0.15, 0.2) is 51.1 Å². The predicted octanol–water partition coefficient (Wildman–Crippen LogP) is 4.72. The molecule has 0 aliphatic heterocycles. The lowest BCUT2D eigenvalue weighted by molar-refractivity contribution is 0.626. The van der Waals surface area contributed by atoms with E-state index in [1.165, 1.54) is 23.9 Å². The van der Waals surface area contributed by atoms with Crippen molar-refractivity contribution in [3.63, 3.8) is 0 Å². The van der Waals surface area contributed by atoms with Gasteiger partial charge in [0.15, 0.2) is 0 Å². The van der Waals surface area contributed by atoms with Crippen LogP contribution in [0.25, 0.3) is 0 Å². The van der Waals surface area contributed by atoms with Crippen molar-refractivity contribution in [1.82, 2.24) is 0 Å². The van der Waals surface area contributed by atoms with E-state index in [0.29, 0.717) is 10.7 Å². The number of nitrogens with two attached hydrogens (primary N) is 2. The van der Waals surface area contributed by atoms with Crippen molar-refractivity contribution in [3.05, 3.63) is 47.2 Å². The summed E-state index contributed by atoms with van der Waals surface area (Å²) in [5.41, 5.74) is 6.52. The fourth-order valence-corrected chi connectivity index (χ4v) is 2.94. The van der Waals surface area contributed by atoms with Gasteiger partial charge in [0, 0.05) is 20.4 Å². The molecule has 0 saturated carbocycles. The molecule has 0 spiro atoms. The average Bonchev–Trinajstić information content (AvgIpc) is 2.46. The number of benzene rings is 2. The zero-order valence-electron chi connectivity index (χ0n) is 10.6. The number of hydrogen-bond donors (Lipinski definition) is 3. The van der Waals surface area contributed by atoms with E-state index in [4.69, 9.17) is 22.5 Å². The van der Waals surface area contributed by atoms with Gasteiger partial charge in [0.25, 0.3) is 0 Å². The average molecular weight is 349 g/mol. The van der Waals surface area contributed by atoms with Gasteiger partial charge in [0.2, 0.25) is 0 Å². The molecule has 0 aromatic heterocycles. The highest BCUT2D eigenvalue weighted by atomic mass is 35.5. The largest absolute Gasteiger partial charge is 0.398 e. The molecule has 2 aromatic carbocycles. The molecule has 0 atom stereocenters. The molecule has 0 fully saturated rings. The summed E-state index contributed by atoms with van der Waals surface area (Å²) in [6.07, 6.45) is 1.69. The summed E-state index contributed by atoms with van der Waals surface area (Å²) in [7, 11) is 0. The van der Waals surface area contributed by atoms with Gasteiger partial charge >= 0.3 is 0 Å². The molecule has 2 aromatic rings. The summed E-state index contributed by atoms with van der Waals surface area (Å²) >= 11 is 12.0. The van der Waals surface area contributed by atoms with Crippen molar-refractivity contribution in [3.8, 4) is 0 Å². The Hall–Kier alpha value is -0.530. The second kappa shape index (κ2) is 8.69. The Labute approximate surface area is 137 Å². The van der Waals surface area contributed by atoms with Crippen LogP contribution in [0.4, 0.5) is 10.1 Å². The second-order valence-electron chi connectivity index (χ2n) is 3.49. The number of thiol groups is 1. The van der Waals surface area contributed by atoms with Crippen LogP contribution in [0.5, 0.6) is 0 Å². The standard InChI is InChI=1S/C12H10ClFN2S2.CH4S/c13-9-5-7(14)1-4-11(9)17-12-6-8(18-16)2-3-10(12)15;1-2/h1-6H,15-16H2;2H,1H3. The first-order valence-corrected chi connectivity index (χ1v) is 8.41. The first kappa shape index (κ1) is 17.5. The van der Waals surface area contributed by atoms with Crippen molar-refractivity contribution in [2.75, 3.05) is 12.0 Å². The third-order valence-electron chi connectivity index (χ3n) is 2.23. The molecule has 0 saturated heterocycles. The third kappa shape index (κ3) is 4.79. The van der Waals surface area contributed by atoms with Crippen molar-refractivity contribution in [2.24, 2.45) is 5.14 Å². The molecule has 0 aliphatic carbocycles. The Morgan fingerprint density at radius 1 is 1.10 bits per heavy atom. The molecule has 0 bridgehead atoms. The maximum atomic E-state index is 12.9. The van der Waals surface area contributed by atoms with Gasteiger partial charge in [0.1, 0.15) is 5.82 Å². The van der Waals surface area contributed by atoms with Gasteiger partial charge in [-0.3, -0.25) is 5.14 Å². The van der Waals surface area contributed by atoms with E-state index in [2.05, 4.69) is 12.6 Å². The lowest BCUT2D eigenvalue weighted by Crippen LogP contribution is -1.90. The van der Waals surface area contributed by atoms with Crippen LogP contribution >= 0.6 is 47.9 Å².